The Hall–Kier alpha value is -2.15. The van der Waals surface area contributed by atoms with Crippen LogP contribution in [-0.4, -0.2) is 29.9 Å². The van der Waals surface area contributed by atoms with Crippen molar-refractivity contribution in [2.24, 2.45) is 0 Å². The number of fused-ring (bicyclic) bond motifs is 1. The number of halogens is 2. The average molecular weight is 451 g/mol. The van der Waals surface area contributed by atoms with Crippen molar-refractivity contribution in [3.8, 4) is 0 Å². The molecular weight excluding hydrogens is 431 g/mol. The molecule has 3 aromatic rings. The lowest BCUT2D eigenvalue weighted by Gasteiger charge is -2.18. The third-order valence-electron chi connectivity index (χ3n) is 4.32. The molecule has 5 nitrogen and oxygen atoms in total. The predicted octanol–water partition coefficient (Wildman–Crippen LogP) is 4.91. The fourth-order valence-electron chi connectivity index (χ4n) is 2.84. The Bertz CT molecular complexity index is 989. The molecule has 0 aliphatic rings. The maximum absolute atomic E-state index is 12.7. The fraction of sp³-hybridized carbons (Fsp3) is 0.238. The highest BCUT2D eigenvalue weighted by Gasteiger charge is 2.22. The fourth-order valence-corrected chi connectivity index (χ4v) is 3.80. The van der Waals surface area contributed by atoms with Gasteiger partial charge in [0.15, 0.2) is 0 Å². The molecule has 29 heavy (non-hydrogen) atoms. The normalized spacial score (nSPS) is 12.0. The summed E-state index contributed by atoms with van der Waals surface area (Å²) in [5, 5.41) is 7.26. The molecule has 2 aromatic carbocycles. The molecule has 0 bridgehead atoms. The van der Waals surface area contributed by atoms with Crippen LogP contribution in [0.5, 0.6) is 0 Å². The molecule has 0 aliphatic heterocycles. The van der Waals surface area contributed by atoms with E-state index in [-0.39, 0.29) is 23.0 Å². The first-order valence-corrected chi connectivity index (χ1v) is 11.1. The van der Waals surface area contributed by atoms with Gasteiger partial charge in [0.1, 0.15) is 17.4 Å². The van der Waals surface area contributed by atoms with E-state index in [9.17, 15) is 9.59 Å². The minimum atomic E-state index is -0.689. The van der Waals surface area contributed by atoms with Gasteiger partial charge in [-0.25, -0.2) is 0 Å². The number of rotatable bonds is 8. The number of hydrogen-bond acceptors (Lipinski definition) is 4. The van der Waals surface area contributed by atoms with Gasteiger partial charge in [0.2, 0.25) is 5.91 Å². The zero-order valence-electron chi connectivity index (χ0n) is 15.7. The molecule has 1 unspecified atom stereocenters. The zero-order valence-corrected chi connectivity index (χ0v) is 18.0. The van der Waals surface area contributed by atoms with Gasteiger partial charge < -0.3 is 15.1 Å². The van der Waals surface area contributed by atoms with Crippen LogP contribution in [0.2, 0.25) is 10.0 Å². The van der Waals surface area contributed by atoms with Gasteiger partial charge >= 0.3 is 0 Å². The van der Waals surface area contributed by atoms with Crippen molar-refractivity contribution in [3.05, 3.63) is 69.9 Å². The molecule has 1 aromatic heterocycles. The summed E-state index contributed by atoms with van der Waals surface area (Å²) in [7, 11) is 0. The van der Waals surface area contributed by atoms with Crippen LogP contribution in [0.15, 0.2) is 52.9 Å². The Balaban J connectivity index is 1.66. The number of amides is 2. The van der Waals surface area contributed by atoms with Crippen LogP contribution in [0.3, 0.4) is 0 Å². The molecule has 0 spiro atoms. The van der Waals surface area contributed by atoms with Gasteiger partial charge in [-0.05, 0) is 48.8 Å². The predicted molar refractivity (Wildman–Crippen MR) is 119 cm³/mol. The summed E-state index contributed by atoms with van der Waals surface area (Å²) in [6.07, 6.45) is 2.44. The highest BCUT2D eigenvalue weighted by molar-refractivity contribution is 7.98. The summed E-state index contributed by atoms with van der Waals surface area (Å²) in [6.45, 7) is 0.237. The highest BCUT2D eigenvalue weighted by Crippen LogP contribution is 2.21. The smallest absolute Gasteiger partial charge is 0.253 e. The lowest BCUT2D eigenvalue weighted by Crippen LogP contribution is -2.46. The molecule has 8 heteroatoms. The van der Waals surface area contributed by atoms with Crippen molar-refractivity contribution in [2.75, 3.05) is 12.0 Å². The van der Waals surface area contributed by atoms with Crippen molar-refractivity contribution in [1.82, 2.24) is 10.6 Å². The van der Waals surface area contributed by atoms with Crippen LogP contribution in [-0.2, 0) is 11.3 Å². The lowest BCUT2D eigenvalue weighted by molar-refractivity contribution is -0.123. The first-order chi connectivity index (χ1) is 14.0. The second kappa shape index (κ2) is 10.1. The van der Waals surface area contributed by atoms with Gasteiger partial charge in [0.25, 0.3) is 5.91 Å². The Kier molecular flexibility index (Phi) is 7.47. The van der Waals surface area contributed by atoms with Crippen LogP contribution in [0, 0.1) is 0 Å². The molecule has 0 radical (unpaired) electrons. The topological polar surface area (TPSA) is 71.3 Å². The van der Waals surface area contributed by atoms with Crippen LogP contribution < -0.4 is 10.6 Å². The number of hydrogen-bond donors (Lipinski definition) is 2. The van der Waals surface area contributed by atoms with Gasteiger partial charge in [0.05, 0.1) is 17.1 Å². The summed E-state index contributed by atoms with van der Waals surface area (Å²) >= 11 is 13.6. The number of benzene rings is 2. The summed E-state index contributed by atoms with van der Waals surface area (Å²) < 4.78 is 5.72. The van der Waals surface area contributed by atoms with E-state index in [0.717, 1.165) is 16.7 Å². The first-order valence-electron chi connectivity index (χ1n) is 8.98. The standard InChI is InChI=1S/C21H20Cl2N2O3S/c1-29-9-8-18(25-20(26)16-7-6-14(22)11-17(16)23)21(27)24-12-15-10-13-4-2-3-5-19(13)28-15/h2-7,10-11,18H,8-9,12H2,1H3,(H,24,27)(H,25,26). The summed E-state index contributed by atoms with van der Waals surface area (Å²) in [5.41, 5.74) is 1.04. The van der Waals surface area contributed by atoms with E-state index in [4.69, 9.17) is 27.6 Å². The zero-order chi connectivity index (χ0) is 20.8. The molecule has 1 heterocycles. The second-order valence-electron chi connectivity index (χ2n) is 6.40. The highest BCUT2D eigenvalue weighted by atomic mass is 35.5. The number of thioether (sulfide) groups is 1. The summed E-state index contributed by atoms with van der Waals surface area (Å²) in [6, 6.07) is 13.5. The van der Waals surface area contributed by atoms with Crippen LogP contribution in [0.1, 0.15) is 22.5 Å². The minimum absolute atomic E-state index is 0.237. The van der Waals surface area contributed by atoms with Gasteiger partial charge in [-0.3, -0.25) is 9.59 Å². The monoisotopic (exact) mass is 450 g/mol. The number of nitrogens with one attached hydrogen (secondary N) is 2. The Morgan fingerprint density at radius 1 is 1.14 bits per heavy atom. The molecule has 1 atom stereocenters. The van der Waals surface area contributed by atoms with E-state index in [1.165, 1.54) is 12.1 Å². The lowest BCUT2D eigenvalue weighted by atomic mass is 10.1. The molecule has 152 valence electrons. The number of carbonyl (C=O) groups is 2. The summed E-state index contributed by atoms with van der Waals surface area (Å²) in [5.74, 6) is 0.669. The summed E-state index contributed by atoms with van der Waals surface area (Å²) in [4.78, 5) is 25.3. The van der Waals surface area contributed by atoms with E-state index >= 15 is 0 Å². The van der Waals surface area contributed by atoms with Crippen LogP contribution >= 0.6 is 35.0 Å². The minimum Gasteiger partial charge on any atom is -0.459 e. The maximum atomic E-state index is 12.7. The van der Waals surface area contributed by atoms with Crippen molar-refractivity contribution >= 4 is 57.7 Å². The first kappa shape index (κ1) is 21.6. The van der Waals surface area contributed by atoms with Crippen molar-refractivity contribution < 1.29 is 14.0 Å². The Labute approximate surface area is 183 Å². The molecule has 0 aliphatic carbocycles. The molecule has 0 saturated carbocycles. The molecule has 2 N–H and O–H groups in total. The van der Waals surface area contributed by atoms with Gasteiger partial charge in [-0.1, -0.05) is 41.4 Å². The van der Waals surface area contributed by atoms with E-state index in [1.807, 2.05) is 36.6 Å². The van der Waals surface area contributed by atoms with Gasteiger partial charge in [-0.15, -0.1) is 0 Å². The Morgan fingerprint density at radius 2 is 1.93 bits per heavy atom. The number of para-hydroxylation sites is 1. The SMILES string of the molecule is CSCCC(NC(=O)c1ccc(Cl)cc1Cl)C(=O)NCc1cc2ccccc2o1. The quantitative estimate of drug-likeness (QED) is 0.511. The molecular formula is C21H20Cl2N2O3S. The third kappa shape index (κ3) is 5.69. The van der Waals surface area contributed by atoms with E-state index in [2.05, 4.69) is 10.6 Å². The van der Waals surface area contributed by atoms with E-state index < -0.39 is 11.9 Å². The molecule has 0 fully saturated rings. The van der Waals surface area contributed by atoms with E-state index in [1.54, 1.807) is 17.8 Å². The largest absolute Gasteiger partial charge is 0.459 e. The van der Waals surface area contributed by atoms with E-state index in [0.29, 0.717) is 17.2 Å². The van der Waals surface area contributed by atoms with Crippen molar-refractivity contribution in [1.29, 1.82) is 0 Å². The number of carbonyl (C=O) groups excluding carboxylic acids is 2. The molecule has 0 saturated heterocycles. The van der Waals surface area contributed by atoms with Crippen LogP contribution in [0.4, 0.5) is 0 Å². The van der Waals surface area contributed by atoms with Crippen molar-refractivity contribution in [3.63, 3.8) is 0 Å². The molecule has 3 rings (SSSR count). The van der Waals surface area contributed by atoms with Crippen molar-refractivity contribution in [2.45, 2.75) is 19.0 Å². The average Bonchev–Trinajstić information content (AvgIpc) is 3.12. The molecule has 2 amide bonds. The second-order valence-corrected chi connectivity index (χ2v) is 8.23. The number of furan rings is 1. The Morgan fingerprint density at radius 3 is 2.66 bits per heavy atom. The third-order valence-corrected chi connectivity index (χ3v) is 5.51. The van der Waals surface area contributed by atoms with Gasteiger partial charge in [0, 0.05) is 10.4 Å². The van der Waals surface area contributed by atoms with Gasteiger partial charge in [-0.2, -0.15) is 11.8 Å². The van der Waals surface area contributed by atoms with Crippen LogP contribution in [0.25, 0.3) is 11.0 Å². The maximum Gasteiger partial charge on any atom is 0.253 e.